The van der Waals surface area contributed by atoms with E-state index in [-0.39, 0.29) is 5.91 Å². The molecule has 24 heavy (non-hydrogen) atoms. The Morgan fingerprint density at radius 2 is 2.17 bits per heavy atom. The van der Waals surface area contributed by atoms with Crippen LogP contribution in [0.5, 0.6) is 0 Å². The zero-order valence-electron chi connectivity index (χ0n) is 13.9. The van der Waals surface area contributed by atoms with Crippen LogP contribution in [0.2, 0.25) is 5.02 Å². The van der Waals surface area contributed by atoms with Crippen LogP contribution in [-0.4, -0.2) is 54.3 Å². The van der Waals surface area contributed by atoms with Gasteiger partial charge in [-0.25, -0.2) is 4.68 Å². The molecule has 1 aromatic heterocycles. The molecule has 0 fully saturated rings. The highest BCUT2D eigenvalue weighted by atomic mass is 35.5. The summed E-state index contributed by atoms with van der Waals surface area (Å²) in [7, 11) is 1.65. The van der Waals surface area contributed by atoms with E-state index in [2.05, 4.69) is 20.9 Å². The van der Waals surface area contributed by atoms with Gasteiger partial charge >= 0.3 is 0 Å². The van der Waals surface area contributed by atoms with Gasteiger partial charge < -0.3 is 15.4 Å². The molecule has 2 aromatic rings. The average molecular weight is 352 g/mol. The molecule has 1 amide bonds. The second kappa shape index (κ2) is 9.36. The fourth-order valence-electron chi connectivity index (χ4n) is 2.26. The molecule has 7 nitrogen and oxygen atoms in total. The van der Waals surface area contributed by atoms with Gasteiger partial charge in [0, 0.05) is 31.8 Å². The molecular formula is C16H22ClN5O2. The SMILES string of the molecule is CCc1c(C(=O)NCCNCCOC)nnn1-c1cccc(Cl)c1. The fourth-order valence-corrected chi connectivity index (χ4v) is 2.44. The van der Waals surface area contributed by atoms with Crippen molar-refractivity contribution in [3.8, 4) is 5.69 Å². The summed E-state index contributed by atoms with van der Waals surface area (Å²) in [6.45, 7) is 4.52. The molecule has 0 aliphatic carbocycles. The molecule has 0 spiro atoms. The molecule has 0 aliphatic heterocycles. The maximum atomic E-state index is 12.3. The first kappa shape index (κ1) is 18.4. The Labute approximate surface area is 146 Å². The van der Waals surface area contributed by atoms with Gasteiger partial charge in [0.1, 0.15) is 0 Å². The average Bonchev–Trinajstić information content (AvgIpc) is 3.02. The van der Waals surface area contributed by atoms with Crippen LogP contribution in [0.4, 0.5) is 0 Å². The van der Waals surface area contributed by atoms with Crippen LogP contribution in [0.25, 0.3) is 5.69 Å². The smallest absolute Gasteiger partial charge is 0.273 e. The van der Waals surface area contributed by atoms with Crippen molar-refractivity contribution in [2.75, 3.05) is 33.4 Å². The lowest BCUT2D eigenvalue weighted by Gasteiger charge is -2.08. The van der Waals surface area contributed by atoms with Crippen LogP contribution in [0.3, 0.4) is 0 Å². The van der Waals surface area contributed by atoms with Crippen LogP contribution >= 0.6 is 11.6 Å². The number of nitrogens with zero attached hydrogens (tertiary/aromatic N) is 3. The number of amides is 1. The molecule has 0 aliphatic rings. The molecule has 0 bridgehead atoms. The zero-order chi connectivity index (χ0) is 17.4. The third-order valence-corrected chi connectivity index (χ3v) is 3.67. The molecule has 8 heteroatoms. The first-order valence-electron chi connectivity index (χ1n) is 7.85. The third-order valence-electron chi connectivity index (χ3n) is 3.44. The molecule has 2 rings (SSSR count). The maximum Gasteiger partial charge on any atom is 0.273 e. The van der Waals surface area contributed by atoms with Crippen molar-refractivity contribution in [2.24, 2.45) is 0 Å². The lowest BCUT2D eigenvalue weighted by Crippen LogP contribution is -2.33. The van der Waals surface area contributed by atoms with Crippen molar-refractivity contribution in [2.45, 2.75) is 13.3 Å². The number of carbonyl (C=O) groups is 1. The second-order valence-corrected chi connectivity index (χ2v) is 5.57. The van der Waals surface area contributed by atoms with Gasteiger partial charge in [-0.3, -0.25) is 4.79 Å². The number of benzene rings is 1. The number of ether oxygens (including phenoxy) is 1. The number of carbonyl (C=O) groups excluding carboxylic acids is 1. The van der Waals surface area contributed by atoms with Crippen LogP contribution < -0.4 is 10.6 Å². The van der Waals surface area contributed by atoms with Gasteiger partial charge in [-0.05, 0) is 24.6 Å². The number of hydrogen-bond donors (Lipinski definition) is 2. The van der Waals surface area contributed by atoms with Crippen LogP contribution in [-0.2, 0) is 11.2 Å². The first-order chi connectivity index (χ1) is 11.7. The van der Waals surface area contributed by atoms with E-state index in [0.29, 0.717) is 36.8 Å². The minimum Gasteiger partial charge on any atom is -0.383 e. The predicted octanol–water partition coefficient (Wildman–Crippen LogP) is 1.45. The Hall–Kier alpha value is -1.96. The molecule has 130 valence electrons. The molecule has 1 heterocycles. The summed E-state index contributed by atoms with van der Waals surface area (Å²) in [4.78, 5) is 12.3. The molecule has 0 saturated heterocycles. The van der Waals surface area contributed by atoms with E-state index in [1.54, 1.807) is 23.9 Å². The summed E-state index contributed by atoms with van der Waals surface area (Å²) < 4.78 is 6.59. The van der Waals surface area contributed by atoms with Crippen molar-refractivity contribution < 1.29 is 9.53 Å². The number of hydrogen-bond acceptors (Lipinski definition) is 5. The molecule has 0 radical (unpaired) electrons. The normalized spacial score (nSPS) is 10.8. The highest BCUT2D eigenvalue weighted by Gasteiger charge is 2.19. The third kappa shape index (κ3) is 4.77. The molecule has 2 N–H and O–H groups in total. The Bertz CT molecular complexity index is 674. The summed E-state index contributed by atoms with van der Waals surface area (Å²) in [5.41, 5.74) is 1.88. The lowest BCUT2D eigenvalue weighted by molar-refractivity contribution is 0.0947. The topological polar surface area (TPSA) is 81.1 Å². The minimum absolute atomic E-state index is 0.228. The minimum atomic E-state index is -0.228. The first-order valence-corrected chi connectivity index (χ1v) is 8.23. The van der Waals surface area contributed by atoms with Crippen molar-refractivity contribution >= 4 is 17.5 Å². The Morgan fingerprint density at radius 3 is 2.88 bits per heavy atom. The molecule has 0 saturated carbocycles. The van der Waals surface area contributed by atoms with Crippen molar-refractivity contribution in [1.82, 2.24) is 25.6 Å². The molecular weight excluding hydrogens is 330 g/mol. The van der Waals surface area contributed by atoms with E-state index in [9.17, 15) is 4.79 Å². The van der Waals surface area contributed by atoms with E-state index in [1.807, 2.05) is 19.1 Å². The number of halogens is 1. The Kier molecular flexibility index (Phi) is 7.17. The van der Waals surface area contributed by atoms with E-state index in [0.717, 1.165) is 17.9 Å². The van der Waals surface area contributed by atoms with Crippen molar-refractivity contribution in [1.29, 1.82) is 0 Å². The Balaban J connectivity index is 2.02. The Morgan fingerprint density at radius 1 is 1.33 bits per heavy atom. The second-order valence-electron chi connectivity index (χ2n) is 5.13. The lowest BCUT2D eigenvalue weighted by atomic mass is 10.2. The van der Waals surface area contributed by atoms with E-state index in [4.69, 9.17) is 16.3 Å². The van der Waals surface area contributed by atoms with Gasteiger partial charge in [0.05, 0.1) is 18.0 Å². The predicted molar refractivity (Wildman–Crippen MR) is 92.8 cm³/mol. The summed E-state index contributed by atoms with van der Waals surface area (Å²) in [6.07, 6.45) is 0.633. The van der Waals surface area contributed by atoms with Gasteiger partial charge in [0.15, 0.2) is 5.69 Å². The molecule has 0 unspecified atom stereocenters. The highest BCUT2D eigenvalue weighted by molar-refractivity contribution is 6.30. The van der Waals surface area contributed by atoms with Crippen LogP contribution in [0, 0.1) is 0 Å². The summed E-state index contributed by atoms with van der Waals surface area (Å²) in [6, 6.07) is 7.29. The summed E-state index contributed by atoms with van der Waals surface area (Å²) in [5, 5.41) is 14.8. The number of methoxy groups -OCH3 is 1. The molecule has 0 atom stereocenters. The van der Waals surface area contributed by atoms with Crippen LogP contribution in [0.15, 0.2) is 24.3 Å². The quantitative estimate of drug-likeness (QED) is 0.668. The van der Waals surface area contributed by atoms with Gasteiger partial charge in [-0.2, -0.15) is 0 Å². The van der Waals surface area contributed by atoms with Gasteiger partial charge in [-0.1, -0.05) is 29.8 Å². The van der Waals surface area contributed by atoms with Gasteiger partial charge in [0.25, 0.3) is 5.91 Å². The van der Waals surface area contributed by atoms with E-state index >= 15 is 0 Å². The van der Waals surface area contributed by atoms with Crippen molar-refractivity contribution in [3.63, 3.8) is 0 Å². The van der Waals surface area contributed by atoms with Gasteiger partial charge in [-0.15, -0.1) is 5.10 Å². The van der Waals surface area contributed by atoms with E-state index < -0.39 is 0 Å². The van der Waals surface area contributed by atoms with Crippen molar-refractivity contribution in [3.05, 3.63) is 40.7 Å². The number of aromatic nitrogens is 3. The monoisotopic (exact) mass is 351 g/mol. The summed E-state index contributed by atoms with van der Waals surface area (Å²) >= 11 is 6.02. The summed E-state index contributed by atoms with van der Waals surface area (Å²) in [5.74, 6) is -0.228. The van der Waals surface area contributed by atoms with Crippen LogP contribution in [0.1, 0.15) is 23.1 Å². The van der Waals surface area contributed by atoms with Gasteiger partial charge in [0.2, 0.25) is 0 Å². The fraction of sp³-hybridized carbons (Fsp3) is 0.438. The standard InChI is InChI=1S/C16H22ClN5O2/c1-3-14-15(16(23)19-8-7-18-9-10-24-2)20-21-22(14)13-6-4-5-12(17)11-13/h4-6,11,18H,3,7-10H2,1-2H3,(H,19,23). The number of rotatable bonds is 9. The largest absolute Gasteiger partial charge is 0.383 e. The molecule has 1 aromatic carbocycles. The zero-order valence-corrected chi connectivity index (χ0v) is 14.6. The number of nitrogens with one attached hydrogen (secondary N) is 2. The highest BCUT2D eigenvalue weighted by Crippen LogP contribution is 2.17. The van der Waals surface area contributed by atoms with E-state index in [1.165, 1.54) is 0 Å². The maximum absolute atomic E-state index is 12.3.